The molecule has 150 valence electrons. The zero-order chi connectivity index (χ0) is 20.5. The Morgan fingerprint density at radius 1 is 1.03 bits per heavy atom. The van der Waals surface area contributed by atoms with Crippen molar-refractivity contribution in [3.8, 4) is 11.3 Å². The molecule has 3 rings (SSSR count). The van der Waals surface area contributed by atoms with E-state index < -0.39 is 0 Å². The van der Waals surface area contributed by atoms with Crippen molar-refractivity contribution in [1.82, 2.24) is 20.3 Å². The molecule has 0 unspecified atom stereocenters. The highest BCUT2D eigenvalue weighted by Gasteiger charge is 2.09. The van der Waals surface area contributed by atoms with E-state index in [-0.39, 0.29) is 5.91 Å². The summed E-state index contributed by atoms with van der Waals surface area (Å²) >= 11 is 6.04. The molecule has 0 saturated heterocycles. The normalized spacial score (nSPS) is 10.4. The molecular formula is C21H23ClN6O. The molecule has 29 heavy (non-hydrogen) atoms. The van der Waals surface area contributed by atoms with Crippen molar-refractivity contribution in [1.29, 1.82) is 0 Å². The predicted molar refractivity (Wildman–Crippen MR) is 116 cm³/mol. The molecule has 0 radical (unpaired) electrons. The molecule has 3 N–H and O–H groups in total. The maximum atomic E-state index is 10.9. The topological polar surface area (TPSA) is 91.8 Å². The number of anilines is 3. The van der Waals surface area contributed by atoms with Crippen molar-refractivity contribution in [3.05, 3.63) is 59.9 Å². The largest absolute Gasteiger partial charge is 0.370 e. The Morgan fingerprint density at radius 3 is 2.72 bits per heavy atom. The second-order valence-corrected chi connectivity index (χ2v) is 6.85. The van der Waals surface area contributed by atoms with E-state index in [1.807, 2.05) is 42.5 Å². The Balaban J connectivity index is 1.66. The van der Waals surface area contributed by atoms with Gasteiger partial charge in [-0.15, -0.1) is 0 Å². The van der Waals surface area contributed by atoms with Crippen LogP contribution >= 0.6 is 11.6 Å². The van der Waals surface area contributed by atoms with Gasteiger partial charge in [-0.2, -0.15) is 0 Å². The molecule has 0 aliphatic carbocycles. The number of nitrogens with one attached hydrogen (secondary N) is 3. The first-order valence-corrected chi connectivity index (χ1v) is 9.79. The number of rotatable bonds is 9. The van der Waals surface area contributed by atoms with E-state index in [2.05, 4.69) is 30.9 Å². The molecule has 0 aliphatic heterocycles. The number of benzene rings is 1. The predicted octanol–water partition coefficient (Wildman–Crippen LogP) is 4.26. The van der Waals surface area contributed by atoms with Crippen molar-refractivity contribution < 1.29 is 4.79 Å². The van der Waals surface area contributed by atoms with Gasteiger partial charge in [0.1, 0.15) is 5.82 Å². The van der Waals surface area contributed by atoms with Crippen molar-refractivity contribution in [2.75, 3.05) is 23.7 Å². The second kappa shape index (κ2) is 10.4. The first-order chi connectivity index (χ1) is 14.1. The lowest BCUT2D eigenvalue weighted by atomic mass is 10.2. The Morgan fingerprint density at radius 2 is 1.90 bits per heavy atom. The molecule has 0 bridgehead atoms. The Hall–Kier alpha value is -3.19. The maximum absolute atomic E-state index is 10.9. The Bertz CT molecular complexity index is 965. The summed E-state index contributed by atoms with van der Waals surface area (Å²) in [4.78, 5) is 24.2. The number of hydrogen-bond acceptors (Lipinski definition) is 6. The summed E-state index contributed by atoms with van der Waals surface area (Å²) in [5.41, 5.74) is 2.47. The van der Waals surface area contributed by atoms with E-state index in [4.69, 9.17) is 11.6 Å². The molecule has 0 fully saturated rings. The second-order valence-electron chi connectivity index (χ2n) is 6.42. The highest BCUT2D eigenvalue weighted by molar-refractivity contribution is 6.30. The molecule has 7 nitrogen and oxygen atoms in total. The summed E-state index contributed by atoms with van der Waals surface area (Å²) in [6, 6.07) is 13.1. The van der Waals surface area contributed by atoms with Gasteiger partial charge in [0.15, 0.2) is 0 Å². The zero-order valence-electron chi connectivity index (χ0n) is 16.2. The van der Waals surface area contributed by atoms with Crippen LogP contribution in [0.15, 0.2) is 54.9 Å². The summed E-state index contributed by atoms with van der Waals surface area (Å²) < 4.78 is 0. The van der Waals surface area contributed by atoms with Crippen LogP contribution in [0.4, 0.5) is 17.5 Å². The fourth-order valence-electron chi connectivity index (χ4n) is 2.74. The number of amides is 1. The van der Waals surface area contributed by atoms with Gasteiger partial charge >= 0.3 is 0 Å². The van der Waals surface area contributed by atoms with Crippen LogP contribution in [0.25, 0.3) is 11.3 Å². The van der Waals surface area contributed by atoms with Gasteiger partial charge in [-0.05, 0) is 49.2 Å². The number of carbonyl (C=O) groups excluding carboxylic acids is 1. The van der Waals surface area contributed by atoms with Crippen molar-refractivity contribution in [2.24, 2.45) is 0 Å². The van der Waals surface area contributed by atoms with Crippen molar-refractivity contribution >= 4 is 35.0 Å². The summed E-state index contributed by atoms with van der Waals surface area (Å²) in [6.07, 6.45) is 5.27. The van der Waals surface area contributed by atoms with Crippen molar-refractivity contribution in [2.45, 2.75) is 19.8 Å². The number of aromatic nitrogens is 3. The molecule has 3 aromatic rings. The Labute approximate surface area is 175 Å². The maximum Gasteiger partial charge on any atom is 0.227 e. The van der Waals surface area contributed by atoms with E-state index in [9.17, 15) is 4.79 Å². The van der Waals surface area contributed by atoms with Crippen LogP contribution in [0.3, 0.4) is 0 Å². The van der Waals surface area contributed by atoms with Crippen LogP contribution in [0, 0.1) is 0 Å². The van der Waals surface area contributed by atoms with E-state index in [0.29, 0.717) is 17.5 Å². The minimum Gasteiger partial charge on any atom is -0.370 e. The van der Waals surface area contributed by atoms with Gasteiger partial charge in [0.05, 0.1) is 5.69 Å². The van der Waals surface area contributed by atoms with Crippen LogP contribution in [-0.4, -0.2) is 33.9 Å². The van der Waals surface area contributed by atoms with Crippen molar-refractivity contribution in [3.63, 3.8) is 0 Å². The molecule has 1 amide bonds. The van der Waals surface area contributed by atoms with Crippen LogP contribution in [0.5, 0.6) is 0 Å². The van der Waals surface area contributed by atoms with Gasteiger partial charge in [-0.1, -0.05) is 17.7 Å². The third-order valence-corrected chi connectivity index (χ3v) is 4.33. The molecule has 8 heteroatoms. The van der Waals surface area contributed by atoms with Gasteiger partial charge < -0.3 is 16.0 Å². The summed E-state index contributed by atoms with van der Waals surface area (Å²) in [7, 11) is 0. The van der Waals surface area contributed by atoms with Crippen LogP contribution < -0.4 is 16.0 Å². The number of hydrogen-bond donors (Lipinski definition) is 3. The summed E-state index contributed by atoms with van der Waals surface area (Å²) in [5, 5.41) is 9.96. The monoisotopic (exact) mass is 410 g/mol. The van der Waals surface area contributed by atoms with Gasteiger partial charge in [-0.25, -0.2) is 15.0 Å². The van der Waals surface area contributed by atoms with Gasteiger partial charge in [0.2, 0.25) is 11.9 Å². The third kappa shape index (κ3) is 6.43. The standard InChI is InChI=1S/C21H23ClN6O/c1-15(29)23-10-2-3-11-24-20-18(8-5-12-25-20)19-9-13-26-21(28-19)27-17-7-4-6-16(22)14-17/h4-9,12-14H,2-3,10-11H2,1H3,(H,23,29)(H,24,25)(H,26,27,28). The molecule has 1 aromatic carbocycles. The quantitative estimate of drug-likeness (QED) is 0.456. The van der Waals surface area contributed by atoms with E-state index in [0.717, 1.165) is 42.1 Å². The van der Waals surface area contributed by atoms with Gasteiger partial charge in [0.25, 0.3) is 0 Å². The van der Waals surface area contributed by atoms with Gasteiger partial charge in [-0.3, -0.25) is 4.79 Å². The summed E-state index contributed by atoms with van der Waals surface area (Å²) in [5.74, 6) is 1.24. The fraction of sp³-hybridized carbons (Fsp3) is 0.238. The number of halogens is 1. The number of carbonyl (C=O) groups is 1. The van der Waals surface area contributed by atoms with E-state index in [1.54, 1.807) is 12.4 Å². The molecule has 0 atom stereocenters. The first kappa shape index (κ1) is 20.5. The molecule has 0 saturated carbocycles. The average molecular weight is 411 g/mol. The number of unbranched alkanes of at least 4 members (excludes halogenated alkanes) is 1. The lowest BCUT2D eigenvalue weighted by Gasteiger charge is -2.12. The zero-order valence-corrected chi connectivity index (χ0v) is 16.9. The lowest BCUT2D eigenvalue weighted by molar-refractivity contribution is -0.118. The van der Waals surface area contributed by atoms with Crippen LogP contribution in [-0.2, 0) is 4.79 Å². The van der Waals surface area contributed by atoms with Gasteiger partial charge in [0, 0.05) is 48.7 Å². The van der Waals surface area contributed by atoms with Crippen LogP contribution in [0.1, 0.15) is 19.8 Å². The molecule has 2 heterocycles. The molecule has 0 aliphatic rings. The smallest absolute Gasteiger partial charge is 0.227 e. The highest BCUT2D eigenvalue weighted by atomic mass is 35.5. The summed E-state index contributed by atoms with van der Waals surface area (Å²) in [6.45, 7) is 2.95. The first-order valence-electron chi connectivity index (χ1n) is 9.41. The van der Waals surface area contributed by atoms with E-state index in [1.165, 1.54) is 6.92 Å². The number of nitrogens with zero attached hydrogens (tertiary/aromatic N) is 3. The fourth-order valence-corrected chi connectivity index (χ4v) is 2.93. The minimum atomic E-state index is -0.00378. The molecular weight excluding hydrogens is 388 g/mol. The Kier molecular flexibility index (Phi) is 7.35. The average Bonchev–Trinajstić information content (AvgIpc) is 2.71. The molecule has 0 spiro atoms. The lowest BCUT2D eigenvalue weighted by Crippen LogP contribution is -2.21. The minimum absolute atomic E-state index is 0.00378. The third-order valence-electron chi connectivity index (χ3n) is 4.09. The van der Waals surface area contributed by atoms with Crippen LogP contribution in [0.2, 0.25) is 5.02 Å². The highest BCUT2D eigenvalue weighted by Crippen LogP contribution is 2.25. The molecule has 2 aromatic heterocycles. The number of pyridine rings is 1. The van der Waals surface area contributed by atoms with E-state index >= 15 is 0 Å². The SMILES string of the molecule is CC(=O)NCCCCNc1ncccc1-c1ccnc(Nc2cccc(Cl)c2)n1.